The summed E-state index contributed by atoms with van der Waals surface area (Å²) in [4.78, 5) is 29.7. The molecule has 6 nitrogen and oxygen atoms in total. The Morgan fingerprint density at radius 2 is 1.69 bits per heavy atom. The molecular formula is C30H36N4O2. The number of benzene rings is 2. The smallest absolute Gasteiger partial charge is 0.277 e. The molecule has 5 rings (SSSR count). The minimum atomic E-state index is -1.10. The SMILES string of the molecule is CCc1ccc(-c2cc3n(n2)C[C@@](C)(C(=O)NC2CCCCC2)N(c2cc(C)cc(C)c2)C3=O)cc1. The van der Waals surface area contributed by atoms with Gasteiger partial charge in [0.2, 0.25) is 5.91 Å². The fraction of sp³-hybridized carbons (Fsp3) is 0.433. The average Bonchev–Trinajstić information content (AvgIpc) is 3.28. The van der Waals surface area contributed by atoms with E-state index < -0.39 is 5.54 Å². The first kappa shape index (κ1) is 24.3. The molecule has 36 heavy (non-hydrogen) atoms. The van der Waals surface area contributed by atoms with Crippen molar-refractivity contribution in [3.05, 3.63) is 70.9 Å². The Bertz CT molecular complexity index is 1270. The summed E-state index contributed by atoms with van der Waals surface area (Å²) < 4.78 is 1.73. The summed E-state index contributed by atoms with van der Waals surface area (Å²) in [5, 5.41) is 8.09. The van der Waals surface area contributed by atoms with E-state index >= 15 is 0 Å². The first-order chi connectivity index (χ1) is 17.3. The van der Waals surface area contributed by atoms with Crippen molar-refractivity contribution in [3.63, 3.8) is 0 Å². The standard InChI is InChI=1S/C30H36N4O2/c1-5-22-11-13-23(14-12-22)26-18-27-28(35)34(25-16-20(2)15-21(3)17-25)30(4,19-33(27)32-26)29(36)31-24-9-7-6-8-10-24/h11-18,24H,5-10,19H2,1-4H3,(H,31,36)/t30-/m0/s1. The minimum Gasteiger partial charge on any atom is -0.351 e. The number of nitrogens with one attached hydrogen (secondary N) is 1. The number of aromatic nitrogens is 2. The number of amides is 2. The number of hydrogen-bond donors (Lipinski definition) is 1. The summed E-state index contributed by atoms with van der Waals surface area (Å²) in [6.45, 7) is 8.34. The number of carbonyl (C=O) groups is 2. The predicted molar refractivity (Wildman–Crippen MR) is 143 cm³/mol. The van der Waals surface area contributed by atoms with Gasteiger partial charge in [-0.15, -0.1) is 0 Å². The summed E-state index contributed by atoms with van der Waals surface area (Å²) in [6, 6.07) is 16.4. The average molecular weight is 485 g/mol. The zero-order valence-electron chi connectivity index (χ0n) is 21.8. The maximum absolute atomic E-state index is 14.1. The van der Waals surface area contributed by atoms with E-state index in [0.29, 0.717) is 12.2 Å². The van der Waals surface area contributed by atoms with Crippen LogP contribution in [0.3, 0.4) is 0 Å². The Morgan fingerprint density at radius 1 is 1.03 bits per heavy atom. The number of hydrogen-bond acceptors (Lipinski definition) is 3. The summed E-state index contributed by atoms with van der Waals surface area (Å²) >= 11 is 0. The lowest BCUT2D eigenvalue weighted by molar-refractivity contribution is -0.127. The molecular weight excluding hydrogens is 448 g/mol. The van der Waals surface area contributed by atoms with Gasteiger partial charge in [0.1, 0.15) is 11.2 Å². The van der Waals surface area contributed by atoms with Crippen LogP contribution in [0.5, 0.6) is 0 Å². The predicted octanol–water partition coefficient (Wildman–Crippen LogP) is 5.60. The topological polar surface area (TPSA) is 67.2 Å². The van der Waals surface area contributed by atoms with E-state index in [-0.39, 0.29) is 17.9 Å². The lowest BCUT2D eigenvalue weighted by Crippen LogP contribution is -2.65. The molecule has 188 valence electrons. The van der Waals surface area contributed by atoms with Crippen LogP contribution < -0.4 is 10.2 Å². The molecule has 6 heteroatoms. The van der Waals surface area contributed by atoms with Crippen LogP contribution in [0.2, 0.25) is 0 Å². The Labute approximate surface area is 213 Å². The second-order valence-corrected chi connectivity index (χ2v) is 10.7. The van der Waals surface area contributed by atoms with Gasteiger partial charge >= 0.3 is 0 Å². The zero-order valence-corrected chi connectivity index (χ0v) is 21.8. The third-order valence-electron chi connectivity index (χ3n) is 7.71. The molecule has 1 fully saturated rings. The molecule has 1 atom stereocenters. The van der Waals surface area contributed by atoms with Crippen molar-refractivity contribution in [2.45, 2.75) is 84.3 Å². The second kappa shape index (κ2) is 9.57. The Balaban J connectivity index is 1.56. The van der Waals surface area contributed by atoms with Gasteiger partial charge in [-0.1, -0.05) is 56.5 Å². The third kappa shape index (κ3) is 4.45. The van der Waals surface area contributed by atoms with Crippen molar-refractivity contribution >= 4 is 17.5 Å². The summed E-state index contributed by atoms with van der Waals surface area (Å²) in [7, 11) is 0. The molecule has 1 saturated carbocycles. The molecule has 0 spiro atoms. The summed E-state index contributed by atoms with van der Waals surface area (Å²) in [6.07, 6.45) is 6.43. The molecule has 0 bridgehead atoms. The lowest BCUT2D eigenvalue weighted by Gasteiger charge is -2.44. The number of fused-ring (bicyclic) bond motifs is 1. The van der Waals surface area contributed by atoms with Crippen molar-refractivity contribution < 1.29 is 9.59 Å². The van der Waals surface area contributed by atoms with Gasteiger partial charge < -0.3 is 5.32 Å². The van der Waals surface area contributed by atoms with Crippen LogP contribution in [-0.2, 0) is 17.8 Å². The normalized spacial score (nSPS) is 20.3. The first-order valence-corrected chi connectivity index (χ1v) is 13.2. The van der Waals surface area contributed by atoms with Gasteiger partial charge in [0, 0.05) is 17.3 Å². The van der Waals surface area contributed by atoms with Crippen LogP contribution in [0, 0.1) is 13.8 Å². The van der Waals surface area contributed by atoms with Gasteiger partial charge in [-0.25, -0.2) is 0 Å². The number of carbonyl (C=O) groups excluding carboxylic acids is 2. The highest BCUT2D eigenvalue weighted by molar-refractivity contribution is 6.12. The van der Waals surface area contributed by atoms with Gasteiger partial charge in [0.15, 0.2) is 0 Å². The Kier molecular flexibility index (Phi) is 6.45. The molecule has 2 amide bonds. The van der Waals surface area contributed by atoms with Gasteiger partial charge in [-0.05, 0) is 74.9 Å². The van der Waals surface area contributed by atoms with Gasteiger partial charge in [-0.2, -0.15) is 5.10 Å². The molecule has 0 radical (unpaired) electrons. The molecule has 1 aliphatic heterocycles. The Hall–Kier alpha value is -3.41. The molecule has 1 N–H and O–H groups in total. The minimum absolute atomic E-state index is 0.114. The molecule has 2 heterocycles. The maximum atomic E-state index is 14.1. The van der Waals surface area contributed by atoms with Crippen LogP contribution in [0.4, 0.5) is 5.69 Å². The number of nitrogens with zero attached hydrogens (tertiary/aromatic N) is 3. The zero-order chi connectivity index (χ0) is 25.4. The highest BCUT2D eigenvalue weighted by Gasteiger charge is 2.49. The number of aryl methyl sites for hydroxylation is 3. The number of rotatable bonds is 5. The molecule has 2 aromatic carbocycles. The molecule has 1 aliphatic carbocycles. The van der Waals surface area contributed by atoms with E-state index in [1.54, 1.807) is 9.58 Å². The van der Waals surface area contributed by atoms with Gasteiger partial charge in [0.05, 0.1) is 12.2 Å². The van der Waals surface area contributed by atoms with Crippen LogP contribution in [0.15, 0.2) is 48.5 Å². The van der Waals surface area contributed by atoms with Crippen molar-refractivity contribution in [3.8, 4) is 11.3 Å². The number of anilines is 1. The third-order valence-corrected chi connectivity index (χ3v) is 7.71. The molecule has 1 aromatic heterocycles. The summed E-state index contributed by atoms with van der Waals surface area (Å²) in [5.41, 5.74) is 5.24. The van der Waals surface area contributed by atoms with Crippen molar-refractivity contribution in [2.75, 3.05) is 4.90 Å². The fourth-order valence-electron chi connectivity index (χ4n) is 5.71. The molecule has 0 unspecified atom stereocenters. The van der Waals surface area contributed by atoms with Crippen molar-refractivity contribution in [1.82, 2.24) is 15.1 Å². The molecule has 3 aromatic rings. The van der Waals surface area contributed by atoms with Crippen LogP contribution in [0.1, 0.15) is 73.1 Å². The molecule has 0 saturated heterocycles. The van der Waals surface area contributed by atoms with Crippen LogP contribution in [0.25, 0.3) is 11.3 Å². The monoisotopic (exact) mass is 484 g/mol. The van der Waals surface area contributed by atoms with Crippen molar-refractivity contribution in [2.24, 2.45) is 0 Å². The van der Waals surface area contributed by atoms with Gasteiger partial charge in [0.25, 0.3) is 5.91 Å². The van der Waals surface area contributed by atoms with E-state index in [2.05, 4.69) is 30.4 Å². The maximum Gasteiger partial charge on any atom is 0.277 e. The van der Waals surface area contributed by atoms with E-state index in [0.717, 1.165) is 60.2 Å². The largest absolute Gasteiger partial charge is 0.351 e. The highest BCUT2D eigenvalue weighted by atomic mass is 16.2. The highest BCUT2D eigenvalue weighted by Crippen LogP contribution is 2.35. The molecule has 2 aliphatic rings. The van der Waals surface area contributed by atoms with E-state index in [9.17, 15) is 9.59 Å². The summed E-state index contributed by atoms with van der Waals surface area (Å²) in [5.74, 6) is -0.312. The first-order valence-electron chi connectivity index (χ1n) is 13.2. The van der Waals surface area contributed by atoms with Gasteiger partial charge in [-0.3, -0.25) is 19.2 Å². The van der Waals surface area contributed by atoms with E-state index in [4.69, 9.17) is 5.10 Å². The van der Waals surface area contributed by atoms with E-state index in [1.165, 1.54) is 12.0 Å². The van der Waals surface area contributed by atoms with Crippen molar-refractivity contribution in [1.29, 1.82) is 0 Å². The quantitative estimate of drug-likeness (QED) is 0.513. The van der Waals surface area contributed by atoms with Crippen LogP contribution in [-0.4, -0.2) is 33.2 Å². The Morgan fingerprint density at radius 3 is 2.33 bits per heavy atom. The fourth-order valence-corrected chi connectivity index (χ4v) is 5.71. The van der Waals surface area contributed by atoms with Crippen LogP contribution >= 0.6 is 0 Å². The lowest BCUT2D eigenvalue weighted by atomic mass is 9.90. The van der Waals surface area contributed by atoms with E-state index in [1.807, 2.05) is 51.1 Å². The second-order valence-electron chi connectivity index (χ2n) is 10.7.